The number of diazo groups is 1. The van der Waals surface area contributed by atoms with Crippen molar-refractivity contribution in [2.45, 2.75) is 13.8 Å². The molecule has 0 unspecified atom stereocenters. The second-order valence-electron chi connectivity index (χ2n) is 3.96. The molecule has 0 radical (unpaired) electrons. The van der Waals surface area contributed by atoms with Crippen molar-refractivity contribution < 1.29 is 19.4 Å². The van der Waals surface area contributed by atoms with Gasteiger partial charge in [-0.15, -0.1) is 5.92 Å². The largest absolute Gasteiger partial charge is 0.510 e. The SMILES string of the molecule is CC#CCOc1c(C)cccc1/C(O)=C(\[N+]#N)C(=O)OC. The molecular formula is C15H15N2O4+. The monoisotopic (exact) mass is 287 g/mol. The van der Waals surface area contributed by atoms with E-state index in [1.54, 1.807) is 26.0 Å². The van der Waals surface area contributed by atoms with Gasteiger partial charge in [0.05, 0.1) is 12.7 Å². The summed E-state index contributed by atoms with van der Waals surface area (Å²) in [5, 5.41) is 19.0. The molecule has 0 atom stereocenters. The second-order valence-corrected chi connectivity index (χ2v) is 3.96. The molecule has 21 heavy (non-hydrogen) atoms. The van der Waals surface area contributed by atoms with E-state index in [0.29, 0.717) is 5.75 Å². The van der Waals surface area contributed by atoms with Gasteiger partial charge in [0.2, 0.25) is 11.2 Å². The van der Waals surface area contributed by atoms with Crippen LogP contribution in [0, 0.1) is 24.2 Å². The van der Waals surface area contributed by atoms with E-state index >= 15 is 0 Å². The number of aliphatic hydroxyl groups excluding tert-OH is 1. The lowest BCUT2D eigenvalue weighted by Gasteiger charge is -2.10. The average Bonchev–Trinajstić information content (AvgIpc) is 2.49. The van der Waals surface area contributed by atoms with Crippen LogP contribution in [0.5, 0.6) is 5.75 Å². The van der Waals surface area contributed by atoms with Crippen LogP contribution < -0.4 is 4.74 Å². The molecule has 1 aromatic rings. The van der Waals surface area contributed by atoms with E-state index in [2.05, 4.69) is 21.6 Å². The second kappa shape index (κ2) is 7.56. The molecule has 0 aliphatic heterocycles. The molecule has 0 spiro atoms. The molecule has 1 N–H and O–H groups in total. The van der Waals surface area contributed by atoms with Crippen LogP contribution in [0.15, 0.2) is 23.9 Å². The fourth-order valence-corrected chi connectivity index (χ4v) is 1.62. The zero-order chi connectivity index (χ0) is 15.8. The Morgan fingerprint density at radius 3 is 2.76 bits per heavy atom. The Morgan fingerprint density at radius 2 is 2.19 bits per heavy atom. The van der Waals surface area contributed by atoms with Crippen molar-refractivity contribution in [3.63, 3.8) is 0 Å². The number of carbonyl (C=O) groups is 1. The Labute approximate surface area is 122 Å². The number of aliphatic hydroxyl groups is 1. The highest BCUT2D eigenvalue weighted by atomic mass is 16.5. The molecule has 1 rings (SSSR count). The molecule has 0 aliphatic carbocycles. The van der Waals surface area contributed by atoms with Gasteiger partial charge in [0.15, 0.2) is 4.98 Å². The molecule has 6 heteroatoms. The van der Waals surface area contributed by atoms with Crippen molar-refractivity contribution in [3.05, 3.63) is 40.0 Å². The van der Waals surface area contributed by atoms with Gasteiger partial charge in [-0.05, 0) is 25.5 Å². The zero-order valence-electron chi connectivity index (χ0n) is 12.0. The highest BCUT2D eigenvalue weighted by molar-refractivity contribution is 5.98. The lowest BCUT2D eigenvalue weighted by molar-refractivity contribution is -0.135. The fraction of sp³-hybridized carbons (Fsp3) is 0.267. The number of esters is 1. The lowest BCUT2D eigenvalue weighted by Crippen LogP contribution is -2.06. The number of hydrogen-bond donors (Lipinski definition) is 1. The first-order valence-electron chi connectivity index (χ1n) is 6.05. The summed E-state index contributed by atoms with van der Waals surface area (Å²) in [6.45, 7) is 3.59. The molecule has 0 fully saturated rings. The first-order valence-corrected chi connectivity index (χ1v) is 6.05. The standard InChI is InChI=1S/C15H14N2O4/c1-4-5-9-21-14-10(2)7-6-8-11(14)13(18)12(17-16)15(19)20-3/h6-8H,9H2,1-3H3/p+1. The zero-order valence-corrected chi connectivity index (χ0v) is 12.0. The molecule has 6 nitrogen and oxygen atoms in total. The normalized spacial score (nSPS) is 10.6. The number of nitrogens with zero attached hydrogens (tertiary/aromatic N) is 2. The van der Waals surface area contributed by atoms with Crippen molar-refractivity contribution in [2.24, 2.45) is 0 Å². The molecule has 108 valence electrons. The highest BCUT2D eigenvalue weighted by Gasteiger charge is 2.32. The van der Waals surface area contributed by atoms with Gasteiger partial charge < -0.3 is 14.6 Å². The third kappa shape index (κ3) is 3.74. The molecule has 0 aliphatic rings. The summed E-state index contributed by atoms with van der Waals surface area (Å²) >= 11 is 0. The van der Waals surface area contributed by atoms with Crippen LogP contribution in [0.2, 0.25) is 0 Å². The number of para-hydroxylation sites is 1. The van der Waals surface area contributed by atoms with E-state index in [1.807, 2.05) is 0 Å². The van der Waals surface area contributed by atoms with Gasteiger partial charge in [0, 0.05) is 0 Å². The molecule has 0 saturated carbocycles. The predicted octanol–water partition coefficient (Wildman–Crippen LogP) is 2.65. The molecule has 0 heterocycles. The van der Waals surface area contributed by atoms with Crippen molar-refractivity contribution in [1.82, 2.24) is 0 Å². The smallest absolute Gasteiger partial charge is 0.501 e. The van der Waals surface area contributed by atoms with Gasteiger partial charge in [-0.25, -0.2) is 4.79 Å². The van der Waals surface area contributed by atoms with Crippen LogP contribution in [0.1, 0.15) is 18.1 Å². The first kappa shape index (κ1) is 16.1. The summed E-state index contributed by atoms with van der Waals surface area (Å²) in [6, 6.07) is 4.98. The van der Waals surface area contributed by atoms with Gasteiger partial charge in [-0.2, -0.15) is 0 Å². The summed E-state index contributed by atoms with van der Waals surface area (Å²) in [5.41, 5.74) is 0.347. The van der Waals surface area contributed by atoms with Gasteiger partial charge in [-0.1, -0.05) is 18.1 Å². The summed E-state index contributed by atoms with van der Waals surface area (Å²) in [4.78, 5) is 14.2. The van der Waals surface area contributed by atoms with E-state index in [-0.39, 0.29) is 12.2 Å². The Morgan fingerprint density at radius 1 is 1.48 bits per heavy atom. The Balaban J connectivity index is 3.37. The van der Waals surface area contributed by atoms with Crippen molar-refractivity contribution in [3.8, 4) is 17.6 Å². The third-order valence-electron chi connectivity index (χ3n) is 2.64. The number of carbonyl (C=O) groups excluding carboxylic acids is 1. The van der Waals surface area contributed by atoms with Gasteiger partial charge in [-0.3, -0.25) is 0 Å². The summed E-state index contributed by atoms with van der Waals surface area (Å²) in [7, 11) is 1.12. The van der Waals surface area contributed by atoms with E-state index in [1.165, 1.54) is 6.07 Å². The number of aryl methyl sites for hydroxylation is 1. The minimum absolute atomic E-state index is 0.130. The third-order valence-corrected chi connectivity index (χ3v) is 2.64. The van der Waals surface area contributed by atoms with Gasteiger partial charge in [0.1, 0.15) is 12.4 Å². The Bertz CT molecular complexity index is 675. The van der Waals surface area contributed by atoms with Crippen LogP contribution in [0.4, 0.5) is 0 Å². The predicted molar refractivity (Wildman–Crippen MR) is 76.8 cm³/mol. The maximum atomic E-state index is 11.5. The average molecular weight is 287 g/mol. The molecule has 1 aromatic carbocycles. The van der Waals surface area contributed by atoms with Crippen LogP contribution in [-0.4, -0.2) is 24.8 Å². The quantitative estimate of drug-likeness (QED) is 0.302. The van der Waals surface area contributed by atoms with Crippen LogP contribution in [0.3, 0.4) is 0 Å². The number of ether oxygens (including phenoxy) is 2. The van der Waals surface area contributed by atoms with E-state index < -0.39 is 17.4 Å². The van der Waals surface area contributed by atoms with Gasteiger partial charge in [0.25, 0.3) is 0 Å². The van der Waals surface area contributed by atoms with Crippen LogP contribution in [0.25, 0.3) is 10.7 Å². The molecule has 0 amide bonds. The van der Waals surface area contributed by atoms with E-state index in [4.69, 9.17) is 10.1 Å². The Hall–Kier alpha value is -2.99. The summed E-state index contributed by atoms with van der Waals surface area (Å²) in [6.07, 6.45) is 0. The van der Waals surface area contributed by atoms with Crippen molar-refractivity contribution >= 4 is 11.7 Å². The first-order chi connectivity index (χ1) is 10.1. The summed E-state index contributed by atoms with van der Waals surface area (Å²) in [5.74, 6) is 4.27. The van der Waals surface area contributed by atoms with Gasteiger partial charge >= 0.3 is 11.7 Å². The van der Waals surface area contributed by atoms with E-state index in [0.717, 1.165) is 12.7 Å². The number of methoxy groups -OCH3 is 1. The van der Waals surface area contributed by atoms with Crippen molar-refractivity contribution in [2.75, 3.05) is 13.7 Å². The van der Waals surface area contributed by atoms with E-state index in [9.17, 15) is 9.90 Å². The summed E-state index contributed by atoms with van der Waals surface area (Å²) < 4.78 is 9.94. The minimum atomic E-state index is -0.962. The number of hydrogen-bond acceptors (Lipinski definition) is 5. The van der Waals surface area contributed by atoms with Crippen LogP contribution >= 0.6 is 0 Å². The maximum absolute atomic E-state index is 11.5. The van der Waals surface area contributed by atoms with Crippen LogP contribution in [-0.2, 0) is 9.53 Å². The topological polar surface area (TPSA) is 83.9 Å². The number of benzene rings is 1. The van der Waals surface area contributed by atoms with Crippen molar-refractivity contribution in [1.29, 1.82) is 5.39 Å². The molecule has 0 bridgehead atoms. The number of rotatable bonds is 4. The Kier molecular flexibility index (Phi) is 5.79. The highest BCUT2D eigenvalue weighted by Crippen LogP contribution is 2.30. The molecule has 0 aromatic heterocycles. The minimum Gasteiger partial charge on any atom is -0.501 e. The molecule has 0 saturated heterocycles. The molecular weight excluding hydrogens is 272 g/mol. The lowest BCUT2D eigenvalue weighted by atomic mass is 10.1. The maximum Gasteiger partial charge on any atom is 0.510 e. The fourth-order valence-electron chi connectivity index (χ4n) is 1.62.